The highest BCUT2D eigenvalue weighted by atomic mass is 79.9. The Bertz CT molecular complexity index is 269. The van der Waals surface area contributed by atoms with Gasteiger partial charge in [0.15, 0.2) is 0 Å². The molecule has 0 saturated carbocycles. The molecule has 2 nitrogen and oxygen atoms in total. The van der Waals surface area contributed by atoms with E-state index in [9.17, 15) is 0 Å². The lowest BCUT2D eigenvalue weighted by atomic mass is 10.2. The van der Waals surface area contributed by atoms with Crippen LogP contribution in [0.1, 0.15) is 32.0 Å². The minimum Gasteiger partial charge on any atom is -0.266 e. The van der Waals surface area contributed by atoms with Gasteiger partial charge in [0.25, 0.3) is 0 Å². The van der Waals surface area contributed by atoms with Crippen molar-refractivity contribution in [3.8, 4) is 0 Å². The molecule has 0 fully saturated rings. The summed E-state index contributed by atoms with van der Waals surface area (Å²) in [4.78, 5) is 0. The molecule has 4 heteroatoms. The molecule has 0 spiro atoms. The molecule has 0 radical (unpaired) electrons. The molecule has 0 aromatic carbocycles. The Morgan fingerprint density at radius 2 is 2.23 bits per heavy atom. The largest absolute Gasteiger partial charge is 0.266 e. The number of halogens is 2. The van der Waals surface area contributed by atoms with Gasteiger partial charge in [0.05, 0.1) is 16.4 Å². The summed E-state index contributed by atoms with van der Waals surface area (Å²) in [5, 5.41) is 5.37. The van der Waals surface area contributed by atoms with Gasteiger partial charge in [-0.2, -0.15) is 5.10 Å². The lowest BCUT2D eigenvalue weighted by Gasteiger charge is -2.10. The monoisotopic (exact) mass is 308 g/mol. The van der Waals surface area contributed by atoms with E-state index in [1.807, 2.05) is 6.20 Å². The molecule has 0 aliphatic heterocycles. The Kier molecular flexibility index (Phi) is 4.46. The normalized spacial score (nSPS) is 11.2. The summed E-state index contributed by atoms with van der Waals surface area (Å²) < 4.78 is 3.20. The summed E-state index contributed by atoms with van der Waals surface area (Å²) in [6.07, 6.45) is 4.10. The molecule has 1 aromatic heterocycles. The first-order valence-electron chi connectivity index (χ1n) is 4.44. The molecular weight excluding hydrogens is 296 g/mol. The van der Waals surface area contributed by atoms with E-state index in [1.165, 1.54) is 5.69 Å². The van der Waals surface area contributed by atoms with Crippen molar-refractivity contribution in [3.05, 3.63) is 16.4 Å². The highest BCUT2D eigenvalue weighted by Gasteiger charge is 2.09. The molecule has 13 heavy (non-hydrogen) atoms. The summed E-state index contributed by atoms with van der Waals surface area (Å²) in [6, 6.07) is 0.441. The van der Waals surface area contributed by atoms with Crippen molar-refractivity contribution in [2.24, 2.45) is 0 Å². The molecule has 0 aliphatic rings. The predicted octanol–water partition coefficient (Wildman–Crippen LogP) is 3.55. The van der Waals surface area contributed by atoms with Crippen molar-refractivity contribution < 1.29 is 0 Å². The second kappa shape index (κ2) is 5.15. The summed E-state index contributed by atoms with van der Waals surface area (Å²) in [6.45, 7) is 4.30. The van der Waals surface area contributed by atoms with E-state index in [2.05, 4.69) is 55.5 Å². The predicted molar refractivity (Wildman–Crippen MR) is 62.4 cm³/mol. The minimum atomic E-state index is 0.441. The summed E-state index contributed by atoms with van der Waals surface area (Å²) >= 11 is 6.95. The zero-order valence-electron chi connectivity index (χ0n) is 7.93. The fraction of sp³-hybridized carbons (Fsp3) is 0.667. The van der Waals surface area contributed by atoms with Gasteiger partial charge in [0, 0.05) is 11.4 Å². The maximum Gasteiger partial charge on any atom is 0.0635 e. The van der Waals surface area contributed by atoms with Crippen molar-refractivity contribution in [3.63, 3.8) is 0 Å². The molecule has 0 atom stereocenters. The van der Waals surface area contributed by atoms with Gasteiger partial charge in [-0.05, 0) is 42.6 Å². The first-order valence-corrected chi connectivity index (χ1v) is 6.36. The highest BCUT2D eigenvalue weighted by Crippen LogP contribution is 2.20. The van der Waals surface area contributed by atoms with Crippen LogP contribution in [-0.4, -0.2) is 15.1 Å². The van der Waals surface area contributed by atoms with Gasteiger partial charge in [-0.3, -0.25) is 4.68 Å². The maximum absolute atomic E-state index is 4.32. The Morgan fingerprint density at radius 3 is 2.77 bits per heavy atom. The number of rotatable bonds is 4. The minimum absolute atomic E-state index is 0.441. The summed E-state index contributed by atoms with van der Waals surface area (Å²) in [7, 11) is 0. The molecule has 1 aromatic rings. The SMILES string of the molecule is CC(C)n1ncc(Br)c1CCCBr. The Hall–Kier alpha value is 0.170. The molecule has 74 valence electrons. The van der Waals surface area contributed by atoms with Crippen LogP contribution in [0.4, 0.5) is 0 Å². The molecule has 1 rings (SSSR count). The fourth-order valence-corrected chi connectivity index (χ4v) is 2.03. The van der Waals surface area contributed by atoms with E-state index in [0.29, 0.717) is 6.04 Å². The number of aromatic nitrogens is 2. The summed E-state index contributed by atoms with van der Waals surface area (Å²) in [5.41, 5.74) is 1.30. The van der Waals surface area contributed by atoms with Gasteiger partial charge in [0.1, 0.15) is 0 Å². The van der Waals surface area contributed by atoms with Crippen LogP contribution in [0.2, 0.25) is 0 Å². The van der Waals surface area contributed by atoms with E-state index < -0.39 is 0 Å². The van der Waals surface area contributed by atoms with Gasteiger partial charge in [-0.25, -0.2) is 0 Å². The van der Waals surface area contributed by atoms with Crippen LogP contribution in [0.3, 0.4) is 0 Å². The average molecular weight is 310 g/mol. The number of hydrogen-bond donors (Lipinski definition) is 0. The zero-order valence-corrected chi connectivity index (χ0v) is 11.1. The quantitative estimate of drug-likeness (QED) is 0.778. The topological polar surface area (TPSA) is 17.8 Å². The van der Waals surface area contributed by atoms with Crippen LogP contribution in [0.25, 0.3) is 0 Å². The Morgan fingerprint density at radius 1 is 1.54 bits per heavy atom. The summed E-state index contributed by atoms with van der Waals surface area (Å²) in [5.74, 6) is 0. The van der Waals surface area contributed by atoms with Gasteiger partial charge >= 0.3 is 0 Å². The molecule has 0 amide bonds. The standard InChI is InChI=1S/C9H14Br2N2/c1-7(2)13-9(4-3-5-10)8(11)6-12-13/h6-7H,3-5H2,1-2H3. The third kappa shape index (κ3) is 2.81. The average Bonchev–Trinajstić information content (AvgIpc) is 2.43. The second-order valence-corrected chi connectivity index (χ2v) is 4.92. The Labute approximate surface area is 96.0 Å². The first kappa shape index (κ1) is 11.2. The van der Waals surface area contributed by atoms with Crippen molar-refractivity contribution >= 4 is 31.9 Å². The maximum atomic E-state index is 4.32. The second-order valence-electron chi connectivity index (χ2n) is 3.27. The molecule has 0 saturated heterocycles. The van der Waals surface area contributed by atoms with E-state index in [0.717, 1.165) is 22.6 Å². The third-order valence-corrected chi connectivity index (χ3v) is 3.11. The van der Waals surface area contributed by atoms with Crippen LogP contribution in [0.15, 0.2) is 10.7 Å². The van der Waals surface area contributed by atoms with Crippen LogP contribution in [-0.2, 0) is 6.42 Å². The smallest absolute Gasteiger partial charge is 0.0635 e. The first-order chi connectivity index (χ1) is 6.16. The zero-order chi connectivity index (χ0) is 9.84. The highest BCUT2D eigenvalue weighted by molar-refractivity contribution is 9.10. The van der Waals surface area contributed by atoms with Crippen molar-refractivity contribution in [2.45, 2.75) is 32.7 Å². The van der Waals surface area contributed by atoms with Crippen LogP contribution >= 0.6 is 31.9 Å². The molecule has 0 N–H and O–H groups in total. The number of alkyl halides is 1. The molecule has 0 bridgehead atoms. The van der Waals surface area contributed by atoms with Gasteiger partial charge in [-0.15, -0.1) is 0 Å². The lowest BCUT2D eigenvalue weighted by Crippen LogP contribution is -2.07. The Balaban J connectivity index is 2.82. The van der Waals surface area contributed by atoms with Crippen molar-refractivity contribution in [1.82, 2.24) is 9.78 Å². The number of hydrogen-bond acceptors (Lipinski definition) is 1. The van der Waals surface area contributed by atoms with E-state index >= 15 is 0 Å². The molecular formula is C9H14Br2N2. The van der Waals surface area contributed by atoms with Crippen LogP contribution in [0.5, 0.6) is 0 Å². The third-order valence-electron chi connectivity index (χ3n) is 1.88. The molecule has 0 unspecified atom stereocenters. The van der Waals surface area contributed by atoms with E-state index in [-0.39, 0.29) is 0 Å². The van der Waals surface area contributed by atoms with Gasteiger partial charge < -0.3 is 0 Å². The fourth-order valence-electron chi connectivity index (χ4n) is 1.28. The van der Waals surface area contributed by atoms with Crippen molar-refractivity contribution in [2.75, 3.05) is 5.33 Å². The van der Waals surface area contributed by atoms with Gasteiger partial charge in [0.2, 0.25) is 0 Å². The van der Waals surface area contributed by atoms with Gasteiger partial charge in [-0.1, -0.05) is 15.9 Å². The lowest BCUT2D eigenvalue weighted by molar-refractivity contribution is 0.507. The van der Waals surface area contributed by atoms with Crippen molar-refractivity contribution in [1.29, 1.82) is 0 Å². The van der Waals surface area contributed by atoms with Crippen LogP contribution < -0.4 is 0 Å². The van der Waals surface area contributed by atoms with E-state index in [1.54, 1.807) is 0 Å². The van der Waals surface area contributed by atoms with E-state index in [4.69, 9.17) is 0 Å². The molecule has 1 heterocycles. The number of nitrogens with zero attached hydrogens (tertiary/aromatic N) is 2. The molecule has 0 aliphatic carbocycles. The van der Waals surface area contributed by atoms with Crippen LogP contribution in [0, 0.1) is 0 Å².